The van der Waals surface area contributed by atoms with Crippen molar-refractivity contribution in [3.8, 4) is 5.75 Å². The van der Waals surface area contributed by atoms with E-state index >= 15 is 0 Å². The van der Waals surface area contributed by atoms with Crippen LogP contribution in [0, 0.1) is 19.8 Å². The van der Waals surface area contributed by atoms with Gasteiger partial charge < -0.3 is 10.1 Å². The summed E-state index contributed by atoms with van der Waals surface area (Å²) in [5, 5.41) is 3.18. The van der Waals surface area contributed by atoms with Crippen LogP contribution in [0.4, 0.5) is 0 Å². The van der Waals surface area contributed by atoms with Crippen molar-refractivity contribution in [1.29, 1.82) is 0 Å². The van der Waals surface area contributed by atoms with E-state index in [1.165, 1.54) is 17.1 Å². The lowest BCUT2D eigenvalue weighted by molar-refractivity contribution is -0.126. The van der Waals surface area contributed by atoms with Gasteiger partial charge in [0.2, 0.25) is 15.9 Å². The number of rotatable bonds is 8. The number of nitrogens with zero attached hydrogens (tertiary/aromatic N) is 2. The highest BCUT2D eigenvalue weighted by Gasteiger charge is 2.33. The predicted octanol–water partition coefficient (Wildman–Crippen LogP) is 3.67. The summed E-state index contributed by atoms with van der Waals surface area (Å²) < 4.78 is 33.3. The van der Waals surface area contributed by atoms with Gasteiger partial charge in [0, 0.05) is 25.6 Å². The van der Waals surface area contributed by atoms with Crippen molar-refractivity contribution in [3.05, 3.63) is 59.2 Å². The molecule has 0 bridgehead atoms. The molecule has 4 rings (SSSR count). The first-order chi connectivity index (χ1) is 16.8. The van der Waals surface area contributed by atoms with Crippen LogP contribution in [-0.4, -0.2) is 63.4 Å². The zero-order valence-electron chi connectivity index (χ0n) is 21.0. The van der Waals surface area contributed by atoms with E-state index in [0.717, 1.165) is 35.5 Å². The molecule has 35 heavy (non-hydrogen) atoms. The van der Waals surface area contributed by atoms with Crippen LogP contribution in [0.25, 0.3) is 0 Å². The van der Waals surface area contributed by atoms with Gasteiger partial charge in [-0.2, -0.15) is 4.31 Å². The zero-order valence-corrected chi connectivity index (χ0v) is 21.8. The van der Waals surface area contributed by atoms with E-state index in [1.54, 1.807) is 13.2 Å². The van der Waals surface area contributed by atoms with Crippen molar-refractivity contribution in [2.75, 3.05) is 39.8 Å². The second kappa shape index (κ2) is 11.1. The zero-order chi connectivity index (χ0) is 25.0. The molecule has 190 valence electrons. The number of piperidine rings is 1. The van der Waals surface area contributed by atoms with Gasteiger partial charge in [-0.3, -0.25) is 9.69 Å². The van der Waals surface area contributed by atoms with Gasteiger partial charge in [0.25, 0.3) is 0 Å². The van der Waals surface area contributed by atoms with Crippen LogP contribution >= 0.6 is 0 Å². The summed E-state index contributed by atoms with van der Waals surface area (Å²) in [6, 6.07) is 13.6. The number of amides is 1. The predicted molar refractivity (Wildman–Crippen MR) is 137 cm³/mol. The topological polar surface area (TPSA) is 79.0 Å². The lowest BCUT2D eigenvalue weighted by Crippen LogP contribution is -2.44. The summed E-state index contributed by atoms with van der Waals surface area (Å²) in [6.45, 7) is 7.08. The van der Waals surface area contributed by atoms with Crippen LogP contribution < -0.4 is 10.1 Å². The molecule has 0 radical (unpaired) electrons. The summed E-state index contributed by atoms with van der Waals surface area (Å²) in [4.78, 5) is 15.9. The van der Waals surface area contributed by atoms with E-state index < -0.39 is 10.0 Å². The molecule has 2 saturated heterocycles. The molecule has 2 heterocycles. The molecular formula is C27H37N3O4S. The Balaban J connectivity index is 1.37. The number of ether oxygens (including phenoxy) is 1. The van der Waals surface area contributed by atoms with E-state index in [4.69, 9.17) is 4.74 Å². The summed E-state index contributed by atoms with van der Waals surface area (Å²) in [5.74, 6) is 0.654. The summed E-state index contributed by atoms with van der Waals surface area (Å²) >= 11 is 0. The first-order valence-electron chi connectivity index (χ1n) is 12.5. The number of carbonyl (C=O) groups excluding carboxylic acids is 1. The number of likely N-dealkylation sites (tertiary alicyclic amines) is 1. The Kier molecular flexibility index (Phi) is 8.14. The van der Waals surface area contributed by atoms with Crippen molar-refractivity contribution in [2.45, 2.75) is 50.5 Å². The highest BCUT2D eigenvalue weighted by atomic mass is 32.2. The van der Waals surface area contributed by atoms with Crippen LogP contribution in [0.2, 0.25) is 0 Å². The van der Waals surface area contributed by atoms with Crippen molar-refractivity contribution in [2.24, 2.45) is 5.92 Å². The molecule has 0 aromatic heterocycles. The smallest absolute Gasteiger partial charge is 0.243 e. The largest absolute Gasteiger partial charge is 0.497 e. The van der Waals surface area contributed by atoms with E-state index in [-0.39, 0.29) is 17.9 Å². The number of carbonyl (C=O) groups is 1. The molecule has 1 amide bonds. The molecule has 1 N–H and O–H groups in total. The van der Waals surface area contributed by atoms with Crippen molar-refractivity contribution in [1.82, 2.24) is 14.5 Å². The Morgan fingerprint density at radius 1 is 1.06 bits per heavy atom. The molecule has 0 aliphatic carbocycles. The number of hydrogen-bond donors (Lipinski definition) is 1. The van der Waals surface area contributed by atoms with E-state index in [2.05, 4.69) is 16.3 Å². The fourth-order valence-corrected chi connectivity index (χ4v) is 6.96. The van der Waals surface area contributed by atoms with Gasteiger partial charge in [0.15, 0.2) is 0 Å². The number of sulfonamides is 1. The first kappa shape index (κ1) is 25.7. The van der Waals surface area contributed by atoms with Crippen LogP contribution in [0.3, 0.4) is 0 Å². The maximum atomic E-state index is 13.2. The molecular weight excluding hydrogens is 462 g/mol. The second-order valence-electron chi connectivity index (χ2n) is 9.73. The third-order valence-electron chi connectivity index (χ3n) is 7.30. The van der Waals surface area contributed by atoms with Gasteiger partial charge in [-0.25, -0.2) is 8.42 Å². The number of hydrogen-bond acceptors (Lipinski definition) is 5. The minimum absolute atomic E-state index is 0.0145. The average molecular weight is 500 g/mol. The Labute approximate surface area is 209 Å². The molecule has 2 aromatic carbocycles. The maximum absolute atomic E-state index is 13.2. The molecule has 2 fully saturated rings. The molecule has 8 heteroatoms. The van der Waals surface area contributed by atoms with Gasteiger partial charge in [0.05, 0.1) is 18.0 Å². The van der Waals surface area contributed by atoms with Gasteiger partial charge in [-0.1, -0.05) is 29.8 Å². The Bertz CT molecular complexity index is 1140. The monoisotopic (exact) mass is 499 g/mol. The Hall–Kier alpha value is -2.42. The van der Waals surface area contributed by atoms with Gasteiger partial charge in [-0.15, -0.1) is 0 Å². The number of benzene rings is 2. The lowest BCUT2D eigenvalue weighted by atomic mass is 9.97. The molecule has 2 aliphatic heterocycles. The first-order valence-corrected chi connectivity index (χ1v) is 14.0. The lowest BCUT2D eigenvalue weighted by Gasteiger charge is -2.32. The van der Waals surface area contributed by atoms with Gasteiger partial charge in [0.1, 0.15) is 5.75 Å². The highest BCUT2D eigenvalue weighted by molar-refractivity contribution is 7.89. The average Bonchev–Trinajstić information content (AvgIpc) is 3.38. The summed E-state index contributed by atoms with van der Waals surface area (Å²) in [7, 11) is -1.89. The third kappa shape index (κ3) is 5.88. The molecule has 1 unspecified atom stereocenters. The number of nitrogens with one attached hydrogen (secondary N) is 1. The highest BCUT2D eigenvalue weighted by Crippen LogP contribution is 2.29. The molecule has 2 aliphatic rings. The van der Waals surface area contributed by atoms with Crippen molar-refractivity contribution >= 4 is 15.9 Å². The normalized spacial score (nSPS) is 18.9. The third-order valence-corrected chi connectivity index (χ3v) is 9.36. The van der Waals surface area contributed by atoms with Crippen LogP contribution in [-0.2, 0) is 14.8 Å². The molecule has 1 atom stereocenters. The van der Waals surface area contributed by atoms with Crippen molar-refractivity contribution in [3.63, 3.8) is 0 Å². The Morgan fingerprint density at radius 2 is 1.77 bits per heavy atom. The van der Waals surface area contributed by atoms with Crippen LogP contribution in [0.1, 0.15) is 48.4 Å². The standard InChI is InChI=1S/C27H37N3O4S/c1-20-9-10-26(21(2)17-20)35(32,33)30-15-11-22(12-16-30)27(31)28-19-25(29-13-4-5-14-29)23-7-6-8-24(18-23)34-3/h6-10,17-18,22,25H,4-5,11-16,19H2,1-3H3,(H,28,31). The quantitative estimate of drug-likeness (QED) is 0.600. The van der Waals surface area contributed by atoms with Crippen LogP contribution in [0.15, 0.2) is 47.4 Å². The number of aryl methyl sites for hydroxylation is 2. The number of methoxy groups -OCH3 is 1. The van der Waals surface area contributed by atoms with E-state index in [1.807, 2.05) is 44.2 Å². The van der Waals surface area contributed by atoms with Gasteiger partial charge >= 0.3 is 0 Å². The fraction of sp³-hybridized carbons (Fsp3) is 0.519. The summed E-state index contributed by atoms with van der Waals surface area (Å²) in [6.07, 6.45) is 3.40. The minimum atomic E-state index is -3.55. The van der Waals surface area contributed by atoms with Crippen LogP contribution in [0.5, 0.6) is 5.75 Å². The molecule has 0 spiro atoms. The van der Waals surface area contributed by atoms with E-state index in [9.17, 15) is 13.2 Å². The summed E-state index contributed by atoms with van der Waals surface area (Å²) in [5.41, 5.74) is 2.94. The molecule has 2 aromatic rings. The van der Waals surface area contributed by atoms with Crippen molar-refractivity contribution < 1.29 is 17.9 Å². The minimum Gasteiger partial charge on any atom is -0.497 e. The Morgan fingerprint density at radius 3 is 2.43 bits per heavy atom. The van der Waals surface area contributed by atoms with E-state index in [0.29, 0.717) is 37.4 Å². The fourth-order valence-electron chi connectivity index (χ4n) is 5.29. The molecule has 7 nitrogen and oxygen atoms in total. The molecule has 0 saturated carbocycles. The second-order valence-corrected chi connectivity index (χ2v) is 11.6. The SMILES string of the molecule is COc1cccc(C(CNC(=O)C2CCN(S(=O)(=O)c3ccc(C)cc3C)CC2)N2CCCC2)c1. The van der Waals surface area contributed by atoms with Gasteiger partial charge in [-0.05, 0) is 81.9 Å². The maximum Gasteiger partial charge on any atom is 0.243 e.